The molecule has 268 valence electrons. The number of rotatable bonds is 10. The molecule has 1 aliphatic carbocycles. The van der Waals surface area contributed by atoms with E-state index in [0.29, 0.717) is 54.5 Å². The number of benzene rings is 1. The molecule has 0 amide bonds. The molecule has 0 radical (unpaired) electrons. The summed E-state index contributed by atoms with van der Waals surface area (Å²) >= 11 is 1.06. The van der Waals surface area contributed by atoms with Crippen LogP contribution in [-0.2, 0) is 29.5 Å². The number of likely N-dealkylation sites (tertiary alicyclic amines) is 1. The van der Waals surface area contributed by atoms with Gasteiger partial charge in [0.25, 0.3) is 0 Å². The average molecular weight is 729 g/mol. The Morgan fingerprint density at radius 3 is 2.46 bits per heavy atom. The number of sulfonamides is 1. The number of alkyl halides is 3. The SMILES string of the molecule is Cc1c(CN2CCC(Nc3ncnc4sc(CC(F)(F)F)cc34)CC2)ccc2c1cc(C#N)n2CC(C)N1CCN(S(=O)(=O)C2CC2C)CC1. The van der Waals surface area contributed by atoms with Crippen LogP contribution in [0.2, 0.25) is 0 Å². The molecule has 1 saturated carbocycles. The van der Waals surface area contributed by atoms with Gasteiger partial charge in [-0.15, -0.1) is 11.3 Å². The quantitative estimate of drug-likeness (QED) is 0.220. The van der Waals surface area contributed by atoms with Crippen molar-refractivity contribution in [1.82, 2.24) is 28.6 Å². The zero-order valence-corrected chi connectivity index (χ0v) is 30.2. The highest BCUT2D eigenvalue weighted by atomic mass is 32.2. The molecule has 1 N–H and O–H groups in total. The van der Waals surface area contributed by atoms with Crippen LogP contribution in [0.1, 0.15) is 54.8 Å². The van der Waals surface area contributed by atoms with Crippen molar-refractivity contribution in [1.29, 1.82) is 5.26 Å². The Kier molecular flexibility index (Phi) is 9.61. The number of thiophene rings is 1. The lowest BCUT2D eigenvalue weighted by Crippen LogP contribution is -2.52. The van der Waals surface area contributed by atoms with Crippen LogP contribution >= 0.6 is 11.3 Å². The van der Waals surface area contributed by atoms with Crippen molar-refractivity contribution in [2.75, 3.05) is 44.6 Å². The number of nitrogens with one attached hydrogen (secondary N) is 1. The number of nitriles is 1. The van der Waals surface area contributed by atoms with E-state index in [4.69, 9.17) is 0 Å². The monoisotopic (exact) mass is 728 g/mol. The molecule has 7 rings (SSSR count). The molecule has 3 aliphatic rings. The average Bonchev–Trinajstić information content (AvgIpc) is 3.53. The summed E-state index contributed by atoms with van der Waals surface area (Å²) in [7, 11) is -3.20. The van der Waals surface area contributed by atoms with Crippen molar-refractivity contribution >= 4 is 48.3 Å². The van der Waals surface area contributed by atoms with Crippen LogP contribution in [0.5, 0.6) is 0 Å². The molecule has 50 heavy (non-hydrogen) atoms. The molecule has 15 heteroatoms. The summed E-state index contributed by atoms with van der Waals surface area (Å²) in [5, 5.41) is 15.0. The van der Waals surface area contributed by atoms with E-state index in [1.807, 2.05) is 13.0 Å². The standard InChI is InChI=1S/C35H43F3N8O2S2/c1-22-14-32(22)50(47,48)45-12-10-44(11-13-45)23(2)19-46-27(18-39)15-29-24(3)25(4-5-31(29)46)20-43-8-6-26(7-9-43)42-33-30-16-28(17-35(36,37)38)49-34(30)41-21-40-33/h4-5,15-16,21-23,26,32H,6-14,17,19-20H2,1-3H3,(H,40,41,42). The van der Waals surface area contributed by atoms with Gasteiger partial charge in [0.05, 0.1) is 17.1 Å². The van der Waals surface area contributed by atoms with Gasteiger partial charge in [-0.3, -0.25) is 9.80 Å². The van der Waals surface area contributed by atoms with E-state index in [9.17, 15) is 26.9 Å². The van der Waals surface area contributed by atoms with Gasteiger partial charge in [0.1, 0.15) is 28.7 Å². The minimum atomic E-state index is -4.27. The molecule has 2 aliphatic heterocycles. The number of aromatic nitrogens is 3. The molecule has 10 nitrogen and oxygen atoms in total. The van der Waals surface area contributed by atoms with Gasteiger partial charge in [0.2, 0.25) is 10.0 Å². The van der Waals surface area contributed by atoms with E-state index in [1.54, 1.807) is 10.4 Å². The fourth-order valence-electron chi connectivity index (χ4n) is 7.63. The first-order chi connectivity index (χ1) is 23.8. The summed E-state index contributed by atoms with van der Waals surface area (Å²) in [6, 6.07) is 10.5. The fraction of sp³-hybridized carbons (Fsp3) is 0.571. The summed E-state index contributed by atoms with van der Waals surface area (Å²) in [5.74, 6) is 0.844. The highest BCUT2D eigenvalue weighted by Crippen LogP contribution is 2.39. The molecule has 1 aromatic carbocycles. The van der Waals surface area contributed by atoms with E-state index >= 15 is 0 Å². The number of piperazine rings is 1. The number of aryl methyl sites for hydroxylation is 1. The van der Waals surface area contributed by atoms with Crippen LogP contribution in [-0.4, -0.2) is 99.8 Å². The topological polar surface area (TPSA) is 110 Å². The van der Waals surface area contributed by atoms with Gasteiger partial charge in [-0.2, -0.15) is 22.7 Å². The fourth-order valence-corrected chi connectivity index (χ4v) is 10.8. The molecule has 3 unspecified atom stereocenters. The van der Waals surface area contributed by atoms with E-state index in [2.05, 4.69) is 61.7 Å². The summed E-state index contributed by atoms with van der Waals surface area (Å²) in [4.78, 5) is 14.1. The first kappa shape index (κ1) is 35.1. The maximum atomic E-state index is 13.0. The third-order valence-electron chi connectivity index (χ3n) is 10.8. The van der Waals surface area contributed by atoms with Crippen LogP contribution in [0, 0.1) is 24.2 Å². The summed E-state index contributed by atoms with van der Waals surface area (Å²) in [6.07, 6.45) is -1.31. The largest absolute Gasteiger partial charge is 0.393 e. The van der Waals surface area contributed by atoms with Gasteiger partial charge in [-0.1, -0.05) is 13.0 Å². The number of halogens is 3. The first-order valence-corrected chi connectivity index (χ1v) is 19.7. The highest BCUT2D eigenvalue weighted by Gasteiger charge is 2.47. The molecule has 0 spiro atoms. The van der Waals surface area contributed by atoms with Gasteiger partial charge in [0.15, 0.2) is 0 Å². The molecule has 4 aromatic rings. The molecule has 3 fully saturated rings. The second kappa shape index (κ2) is 13.7. The molecule has 3 aromatic heterocycles. The van der Waals surface area contributed by atoms with Gasteiger partial charge in [-0.25, -0.2) is 18.4 Å². The van der Waals surface area contributed by atoms with Crippen molar-refractivity contribution in [2.24, 2.45) is 5.92 Å². The molecule has 0 bridgehead atoms. The Balaban J connectivity index is 0.965. The predicted molar refractivity (Wildman–Crippen MR) is 190 cm³/mol. The zero-order valence-electron chi connectivity index (χ0n) is 28.6. The minimum Gasteiger partial charge on any atom is -0.367 e. The van der Waals surface area contributed by atoms with Gasteiger partial charge in [-0.05, 0) is 68.4 Å². The minimum absolute atomic E-state index is 0.136. The van der Waals surface area contributed by atoms with Crippen molar-refractivity contribution in [3.05, 3.63) is 52.3 Å². The Hall–Kier alpha value is -3.29. The second-order valence-electron chi connectivity index (χ2n) is 14.3. The van der Waals surface area contributed by atoms with Crippen LogP contribution in [0.3, 0.4) is 0 Å². The van der Waals surface area contributed by atoms with Crippen LogP contribution < -0.4 is 5.32 Å². The van der Waals surface area contributed by atoms with Gasteiger partial charge >= 0.3 is 6.18 Å². The van der Waals surface area contributed by atoms with Crippen molar-refractivity contribution in [3.8, 4) is 6.07 Å². The lowest BCUT2D eigenvalue weighted by molar-refractivity contribution is -0.126. The molecular formula is C35H43F3N8O2S2. The Bertz CT molecular complexity index is 2020. The number of anilines is 1. The first-order valence-electron chi connectivity index (χ1n) is 17.3. The third kappa shape index (κ3) is 7.23. The maximum Gasteiger partial charge on any atom is 0.393 e. The number of fused-ring (bicyclic) bond motifs is 2. The molecular weight excluding hydrogens is 686 g/mol. The van der Waals surface area contributed by atoms with Gasteiger partial charge < -0.3 is 9.88 Å². The lowest BCUT2D eigenvalue weighted by atomic mass is 10.0. The lowest BCUT2D eigenvalue weighted by Gasteiger charge is -2.37. The number of hydrogen-bond acceptors (Lipinski definition) is 9. The van der Waals surface area contributed by atoms with Crippen LogP contribution in [0.15, 0.2) is 30.6 Å². The van der Waals surface area contributed by atoms with E-state index in [-0.39, 0.29) is 28.1 Å². The number of hydrogen-bond donors (Lipinski definition) is 1. The highest BCUT2D eigenvalue weighted by molar-refractivity contribution is 7.90. The Morgan fingerprint density at radius 1 is 1.08 bits per heavy atom. The molecule has 3 atom stereocenters. The smallest absolute Gasteiger partial charge is 0.367 e. The van der Waals surface area contributed by atoms with Crippen LogP contribution in [0.4, 0.5) is 19.0 Å². The summed E-state index contributed by atoms with van der Waals surface area (Å²) in [6.45, 7) is 11.8. The number of nitrogens with zero attached hydrogens (tertiary/aromatic N) is 7. The Labute approximate surface area is 294 Å². The van der Waals surface area contributed by atoms with Crippen molar-refractivity contribution < 1.29 is 21.6 Å². The van der Waals surface area contributed by atoms with Crippen molar-refractivity contribution in [2.45, 2.75) is 83.1 Å². The van der Waals surface area contributed by atoms with Gasteiger partial charge in [0, 0.05) is 80.2 Å². The van der Waals surface area contributed by atoms with Crippen molar-refractivity contribution in [3.63, 3.8) is 0 Å². The molecule has 2 saturated heterocycles. The predicted octanol–water partition coefficient (Wildman–Crippen LogP) is 5.75. The Morgan fingerprint density at radius 2 is 1.80 bits per heavy atom. The number of piperidine rings is 1. The second-order valence-corrected chi connectivity index (χ2v) is 17.5. The third-order valence-corrected chi connectivity index (χ3v) is 14.3. The van der Waals surface area contributed by atoms with E-state index in [0.717, 1.165) is 66.7 Å². The summed E-state index contributed by atoms with van der Waals surface area (Å²) in [5.41, 5.74) is 4.03. The normalized spacial score (nSPS) is 22.3. The maximum absolute atomic E-state index is 13.0. The van der Waals surface area contributed by atoms with E-state index < -0.39 is 22.6 Å². The molecule has 5 heterocycles. The zero-order chi connectivity index (χ0) is 35.4. The summed E-state index contributed by atoms with van der Waals surface area (Å²) < 4.78 is 68.5. The van der Waals surface area contributed by atoms with E-state index in [1.165, 1.54) is 11.9 Å². The van der Waals surface area contributed by atoms with Crippen LogP contribution in [0.25, 0.3) is 21.1 Å².